The van der Waals surface area contributed by atoms with Crippen LogP contribution in [0.25, 0.3) is 0 Å². The maximum atomic E-state index is 12.8. The van der Waals surface area contributed by atoms with Crippen LogP contribution >= 0.6 is 0 Å². The molecule has 0 radical (unpaired) electrons. The first-order valence-electron chi connectivity index (χ1n) is 6.20. The van der Waals surface area contributed by atoms with Crippen LogP contribution < -0.4 is 4.74 Å². The summed E-state index contributed by atoms with van der Waals surface area (Å²) >= 11 is 0. The van der Waals surface area contributed by atoms with Crippen LogP contribution in [-0.4, -0.2) is 16.7 Å². The lowest BCUT2D eigenvalue weighted by Crippen LogP contribution is -1.96. The number of hydrogen-bond donors (Lipinski definition) is 1. The Balaban J connectivity index is 1.98. The third-order valence-corrected chi connectivity index (χ3v) is 2.50. The lowest BCUT2D eigenvalue weighted by molar-refractivity contribution is 0.304. The Morgan fingerprint density at radius 1 is 1.20 bits per heavy atom. The van der Waals surface area contributed by atoms with Crippen LogP contribution in [0.5, 0.6) is 5.75 Å². The molecule has 0 fully saturated rings. The van der Waals surface area contributed by atoms with E-state index in [1.807, 2.05) is 0 Å². The number of halogens is 1. The number of rotatable bonds is 4. The van der Waals surface area contributed by atoms with E-state index in [0.717, 1.165) is 11.1 Å². The van der Waals surface area contributed by atoms with Crippen molar-refractivity contribution in [2.75, 3.05) is 6.61 Å². The predicted molar refractivity (Wildman–Crippen MR) is 73.5 cm³/mol. The topological polar surface area (TPSA) is 42.4 Å². The average Bonchev–Trinajstić information content (AvgIpc) is 2.47. The van der Waals surface area contributed by atoms with E-state index in [0.29, 0.717) is 18.8 Å². The molecule has 0 unspecified atom stereocenters. The Hall–Kier alpha value is -2.38. The molecule has 0 aliphatic rings. The van der Waals surface area contributed by atoms with Gasteiger partial charge < -0.3 is 9.84 Å². The fourth-order valence-corrected chi connectivity index (χ4v) is 1.53. The molecule has 2 aromatic rings. The largest absolute Gasteiger partial charge is 0.487 e. The minimum absolute atomic E-state index is 0.0428. The molecular formula is C16H14FNO2. The molecule has 1 N–H and O–H groups in total. The third kappa shape index (κ3) is 4.38. The molecule has 20 heavy (non-hydrogen) atoms. The zero-order valence-corrected chi connectivity index (χ0v) is 10.8. The number of pyridine rings is 1. The molecule has 3 nitrogen and oxygen atoms in total. The summed E-state index contributed by atoms with van der Waals surface area (Å²) in [6.07, 6.45) is 3.66. The van der Waals surface area contributed by atoms with Crippen LogP contribution in [0.1, 0.15) is 17.5 Å². The van der Waals surface area contributed by atoms with Crippen molar-refractivity contribution in [1.82, 2.24) is 4.98 Å². The van der Waals surface area contributed by atoms with Crippen LogP contribution in [0.2, 0.25) is 0 Å². The second kappa shape index (κ2) is 7.27. The van der Waals surface area contributed by atoms with Gasteiger partial charge >= 0.3 is 0 Å². The Morgan fingerprint density at radius 2 is 2.00 bits per heavy atom. The average molecular weight is 271 g/mol. The molecule has 0 saturated carbocycles. The van der Waals surface area contributed by atoms with Gasteiger partial charge in [-0.25, -0.2) is 4.39 Å². The molecule has 0 aliphatic carbocycles. The zero-order chi connectivity index (χ0) is 14.2. The first-order valence-corrected chi connectivity index (χ1v) is 6.20. The number of hydrogen-bond acceptors (Lipinski definition) is 3. The second-order valence-corrected chi connectivity index (χ2v) is 4.10. The Morgan fingerprint density at radius 3 is 2.75 bits per heavy atom. The Labute approximate surface area is 117 Å². The van der Waals surface area contributed by atoms with Gasteiger partial charge in [0.1, 0.15) is 18.2 Å². The summed E-state index contributed by atoms with van der Waals surface area (Å²) < 4.78 is 18.3. The van der Waals surface area contributed by atoms with Crippen LogP contribution in [0, 0.1) is 17.7 Å². The minimum Gasteiger partial charge on any atom is -0.487 e. The lowest BCUT2D eigenvalue weighted by atomic mass is 10.2. The van der Waals surface area contributed by atoms with E-state index in [4.69, 9.17) is 9.84 Å². The van der Waals surface area contributed by atoms with Gasteiger partial charge in [-0.2, -0.15) is 0 Å². The Bertz CT molecular complexity index is 614. The van der Waals surface area contributed by atoms with E-state index in [1.54, 1.807) is 30.6 Å². The van der Waals surface area contributed by atoms with E-state index in [2.05, 4.69) is 16.8 Å². The van der Waals surface area contributed by atoms with Crippen LogP contribution in [0.15, 0.2) is 42.7 Å². The quantitative estimate of drug-likeness (QED) is 0.869. The van der Waals surface area contributed by atoms with Crippen molar-refractivity contribution < 1.29 is 14.2 Å². The van der Waals surface area contributed by atoms with Gasteiger partial charge in [0.25, 0.3) is 0 Å². The molecule has 0 aliphatic heterocycles. The molecule has 0 bridgehead atoms. The molecule has 102 valence electrons. The smallest absolute Gasteiger partial charge is 0.139 e. The van der Waals surface area contributed by atoms with Crippen molar-refractivity contribution in [2.24, 2.45) is 0 Å². The molecule has 0 saturated heterocycles. The van der Waals surface area contributed by atoms with Crippen molar-refractivity contribution in [3.05, 3.63) is 59.7 Å². The van der Waals surface area contributed by atoms with Gasteiger partial charge in [-0.15, -0.1) is 0 Å². The highest BCUT2D eigenvalue weighted by molar-refractivity contribution is 5.36. The van der Waals surface area contributed by atoms with E-state index < -0.39 is 0 Å². The number of ether oxygens (including phenoxy) is 1. The fourth-order valence-electron chi connectivity index (χ4n) is 1.53. The molecule has 1 aromatic heterocycles. The maximum absolute atomic E-state index is 12.8. The van der Waals surface area contributed by atoms with Crippen LogP contribution in [-0.2, 0) is 6.61 Å². The van der Waals surface area contributed by atoms with Gasteiger partial charge in [-0.3, -0.25) is 4.98 Å². The van der Waals surface area contributed by atoms with Gasteiger partial charge in [-0.05, 0) is 23.8 Å². The molecule has 0 atom stereocenters. The van der Waals surface area contributed by atoms with Crippen molar-refractivity contribution >= 4 is 0 Å². The van der Waals surface area contributed by atoms with Gasteiger partial charge in [0.2, 0.25) is 0 Å². The van der Waals surface area contributed by atoms with Gasteiger partial charge in [0.15, 0.2) is 0 Å². The number of aliphatic hydroxyl groups is 1. The van der Waals surface area contributed by atoms with Crippen LogP contribution in [0.4, 0.5) is 4.39 Å². The highest BCUT2D eigenvalue weighted by Crippen LogP contribution is 2.13. The minimum atomic E-state index is -0.267. The van der Waals surface area contributed by atoms with Crippen molar-refractivity contribution in [1.29, 1.82) is 0 Å². The summed E-state index contributed by atoms with van der Waals surface area (Å²) in [6, 6.07) is 7.92. The summed E-state index contributed by atoms with van der Waals surface area (Å²) in [5.41, 5.74) is 1.61. The second-order valence-electron chi connectivity index (χ2n) is 4.10. The predicted octanol–water partition coefficient (Wildman–Crippen LogP) is 2.53. The van der Waals surface area contributed by atoms with Crippen molar-refractivity contribution in [3.8, 4) is 17.6 Å². The van der Waals surface area contributed by atoms with E-state index >= 15 is 0 Å². The van der Waals surface area contributed by atoms with Gasteiger partial charge in [0.05, 0.1) is 12.8 Å². The normalized spacial score (nSPS) is 9.70. The van der Waals surface area contributed by atoms with E-state index in [1.165, 1.54) is 12.1 Å². The summed E-state index contributed by atoms with van der Waals surface area (Å²) in [7, 11) is 0. The van der Waals surface area contributed by atoms with Crippen molar-refractivity contribution in [2.45, 2.75) is 13.0 Å². The summed E-state index contributed by atoms with van der Waals surface area (Å²) in [5.74, 6) is 6.05. The van der Waals surface area contributed by atoms with Gasteiger partial charge in [0, 0.05) is 18.2 Å². The van der Waals surface area contributed by atoms with Crippen molar-refractivity contribution in [3.63, 3.8) is 0 Å². The standard InChI is InChI=1S/C16H14FNO2/c17-15-6-4-13(5-7-15)12-20-16-9-14(10-18-11-16)3-1-2-8-19/h4-7,9-11,19H,2,8,12H2. The monoisotopic (exact) mass is 271 g/mol. The lowest BCUT2D eigenvalue weighted by Gasteiger charge is -2.06. The molecule has 2 rings (SSSR count). The highest BCUT2D eigenvalue weighted by Gasteiger charge is 1.98. The van der Waals surface area contributed by atoms with Crippen LogP contribution in [0.3, 0.4) is 0 Å². The first-order chi connectivity index (χ1) is 9.78. The molecule has 0 spiro atoms. The SMILES string of the molecule is OCCC#Cc1cncc(OCc2ccc(F)cc2)c1. The number of benzene rings is 1. The summed E-state index contributed by atoms with van der Waals surface area (Å²) in [6.45, 7) is 0.386. The molecule has 1 aromatic carbocycles. The molecule has 0 amide bonds. The van der Waals surface area contributed by atoms with Gasteiger partial charge in [-0.1, -0.05) is 24.0 Å². The molecule has 1 heterocycles. The number of aromatic nitrogens is 1. The highest BCUT2D eigenvalue weighted by atomic mass is 19.1. The molecular weight excluding hydrogens is 257 g/mol. The zero-order valence-electron chi connectivity index (χ0n) is 10.8. The van der Waals surface area contributed by atoms with E-state index in [-0.39, 0.29) is 12.4 Å². The Kier molecular flexibility index (Phi) is 5.10. The maximum Gasteiger partial charge on any atom is 0.139 e. The number of nitrogens with zero attached hydrogens (tertiary/aromatic N) is 1. The fraction of sp³-hybridized carbons (Fsp3) is 0.188. The third-order valence-electron chi connectivity index (χ3n) is 2.50. The molecule has 4 heteroatoms. The first kappa shape index (κ1) is 14.0. The summed E-state index contributed by atoms with van der Waals surface area (Å²) in [4.78, 5) is 4.04. The summed E-state index contributed by atoms with van der Waals surface area (Å²) in [5, 5.41) is 8.66. The number of aliphatic hydroxyl groups excluding tert-OH is 1. The van der Waals surface area contributed by atoms with E-state index in [9.17, 15) is 4.39 Å².